The monoisotopic (exact) mass is 287 g/mol. The molecule has 5 nitrogen and oxygen atoms in total. The normalized spacial score (nSPS) is 27.2. The van der Waals surface area contributed by atoms with Gasteiger partial charge in [-0.25, -0.2) is 0 Å². The summed E-state index contributed by atoms with van der Waals surface area (Å²) in [5, 5.41) is 8.84. The van der Waals surface area contributed by atoms with Crippen LogP contribution >= 0.6 is 0 Å². The molecule has 3 atom stereocenters. The number of rotatable bonds is 3. The Morgan fingerprint density at radius 1 is 1.24 bits per heavy atom. The minimum absolute atomic E-state index is 0.0271. The number of carbonyl (C=O) groups is 2. The van der Waals surface area contributed by atoms with E-state index in [0.29, 0.717) is 23.1 Å². The van der Waals surface area contributed by atoms with E-state index in [9.17, 15) is 9.59 Å². The Morgan fingerprint density at radius 3 is 2.86 bits per heavy atom. The van der Waals surface area contributed by atoms with Crippen molar-refractivity contribution in [3.63, 3.8) is 0 Å². The molecule has 0 spiro atoms. The van der Waals surface area contributed by atoms with Crippen LogP contribution in [0.2, 0.25) is 0 Å². The fraction of sp³-hybridized carbons (Fsp3) is 0.500. The highest BCUT2D eigenvalue weighted by atomic mass is 16.2. The van der Waals surface area contributed by atoms with Gasteiger partial charge >= 0.3 is 0 Å². The van der Waals surface area contributed by atoms with Crippen molar-refractivity contribution < 1.29 is 9.59 Å². The fourth-order valence-corrected chi connectivity index (χ4v) is 3.61. The molecule has 1 heterocycles. The number of fused-ring (bicyclic) bond motifs is 1. The molecule has 2 amide bonds. The van der Waals surface area contributed by atoms with E-state index in [2.05, 4.69) is 16.0 Å². The second-order valence-electron chi connectivity index (χ2n) is 5.85. The van der Waals surface area contributed by atoms with E-state index in [4.69, 9.17) is 0 Å². The molecule has 2 fully saturated rings. The number of benzene rings is 1. The Labute approximate surface area is 124 Å². The van der Waals surface area contributed by atoms with Gasteiger partial charge in [-0.15, -0.1) is 0 Å². The third kappa shape index (κ3) is 2.65. The first-order chi connectivity index (χ1) is 10.2. The topological polar surface area (TPSA) is 70.2 Å². The Balaban J connectivity index is 1.75. The van der Waals surface area contributed by atoms with E-state index in [1.807, 2.05) is 6.07 Å². The van der Waals surface area contributed by atoms with Crippen molar-refractivity contribution in [1.29, 1.82) is 0 Å². The van der Waals surface area contributed by atoms with Gasteiger partial charge in [-0.3, -0.25) is 9.59 Å². The largest absolute Gasteiger partial charge is 0.355 e. The van der Waals surface area contributed by atoms with Gasteiger partial charge in [0.05, 0.1) is 17.3 Å². The minimum atomic E-state index is -0.191. The third-order valence-corrected chi connectivity index (χ3v) is 4.69. The maximum absolute atomic E-state index is 12.5. The molecule has 3 rings (SSSR count). The van der Waals surface area contributed by atoms with Crippen molar-refractivity contribution in [2.45, 2.75) is 25.3 Å². The molecule has 0 bridgehead atoms. The lowest BCUT2D eigenvalue weighted by Crippen LogP contribution is -2.40. The molecule has 1 aromatic carbocycles. The SMILES string of the molecule is CNC(=O)c1ccccc1NC(=O)C1NCC2CCCC21. The van der Waals surface area contributed by atoms with Gasteiger partial charge in [-0.2, -0.15) is 0 Å². The van der Waals surface area contributed by atoms with Crippen molar-refractivity contribution >= 4 is 17.5 Å². The number of carbonyl (C=O) groups excluding carboxylic acids is 2. The van der Waals surface area contributed by atoms with Gasteiger partial charge in [0, 0.05) is 7.05 Å². The van der Waals surface area contributed by atoms with Crippen LogP contribution in [-0.2, 0) is 4.79 Å². The lowest BCUT2D eigenvalue weighted by Gasteiger charge is -2.18. The van der Waals surface area contributed by atoms with Crippen LogP contribution in [0.25, 0.3) is 0 Å². The van der Waals surface area contributed by atoms with Gasteiger partial charge in [0.15, 0.2) is 0 Å². The maximum atomic E-state index is 12.5. The average molecular weight is 287 g/mol. The summed E-state index contributed by atoms with van der Waals surface area (Å²) in [6.07, 6.45) is 3.55. The molecule has 1 aliphatic heterocycles. The Hall–Kier alpha value is -1.88. The maximum Gasteiger partial charge on any atom is 0.253 e. The summed E-state index contributed by atoms with van der Waals surface area (Å²) in [5.41, 5.74) is 1.07. The summed E-state index contributed by atoms with van der Waals surface area (Å²) >= 11 is 0. The first kappa shape index (κ1) is 14.1. The van der Waals surface area contributed by atoms with Gasteiger partial charge in [-0.1, -0.05) is 18.6 Å². The fourth-order valence-electron chi connectivity index (χ4n) is 3.61. The quantitative estimate of drug-likeness (QED) is 0.786. The Kier molecular flexibility index (Phi) is 3.92. The van der Waals surface area contributed by atoms with Crippen molar-refractivity contribution in [1.82, 2.24) is 10.6 Å². The minimum Gasteiger partial charge on any atom is -0.355 e. The zero-order valence-electron chi connectivity index (χ0n) is 12.2. The average Bonchev–Trinajstić information content (AvgIpc) is 3.09. The molecular weight excluding hydrogens is 266 g/mol. The first-order valence-electron chi connectivity index (χ1n) is 7.56. The number of para-hydroxylation sites is 1. The molecule has 112 valence electrons. The summed E-state index contributed by atoms with van der Waals surface area (Å²) in [7, 11) is 1.59. The van der Waals surface area contributed by atoms with Gasteiger partial charge in [0.1, 0.15) is 0 Å². The highest BCUT2D eigenvalue weighted by Crippen LogP contribution is 2.38. The molecule has 5 heteroatoms. The van der Waals surface area contributed by atoms with Gasteiger partial charge in [0.2, 0.25) is 5.91 Å². The molecule has 1 aliphatic carbocycles. The predicted octanol–water partition coefficient (Wildman–Crippen LogP) is 1.37. The van der Waals surface area contributed by atoms with E-state index in [0.717, 1.165) is 13.0 Å². The molecule has 1 saturated carbocycles. The Bertz CT molecular complexity index is 558. The van der Waals surface area contributed by atoms with Gasteiger partial charge in [0.25, 0.3) is 5.91 Å². The predicted molar refractivity (Wildman–Crippen MR) is 81.1 cm³/mol. The molecule has 0 radical (unpaired) electrons. The van der Waals surface area contributed by atoms with Gasteiger partial charge in [-0.05, 0) is 43.4 Å². The van der Waals surface area contributed by atoms with Crippen LogP contribution in [0.5, 0.6) is 0 Å². The summed E-state index contributed by atoms with van der Waals surface area (Å²) in [6, 6.07) is 6.97. The lowest BCUT2D eigenvalue weighted by molar-refractivity contribution is -0.118. The standard InChI is InChI=1S/C16H21N3O2/c1-17-15(20)12-6-2-3-8-13(12)19-16(21)14-11-7-4-5-10(11)9-18-14/h2-3,6,8,10-11,14,18H,4-5,7,9H2,1H3,(H,17,20)(H,19,21). The number of nitrogens with one attached hydrogen (secondary N) is 3. The van der Waals surface area contributed by atoms with E-state index in [-0.39, 0.29) is 17.9 Å². The number of amides is 2. The molecule has 2 aliphatic rings. The summed E-state index contributed by atoms with van der Waals surface area (Å²) < 4.78 is 0. The van der Waals surface area contributed by atoms with Crippen molar-refractivity contribution in [2.75, 3.05) is 18.9 Å². The van der Waals surface area contributed by atoms with Crippen LogP contribution in [-0.4, -0.2) is 31.4 Å². The van der Waals surface area contributed by atoms with E-state index >= 15 is 0 Å². The first-order valence-corrected chi connectivity index (χ1v) is 7.56. The Morgan fingerprint density at radius 2 is 2.05 bits per heavy atom. The zero-order chi connectivity index (χ0) is 14.8. The van der Waals surface area contributed by atoms with E-state index in [1.54, 1.807) is 25.2 Å². The van der Waals surface area contributed by atoms with Crippen LogP contribution in [0.15, 0.2) is 24.3 Å². The zero-order valence-corrected chi connectivity index (χ0v) is 12.2. The van der Waals surface area contributed by atoms with Gasteiger partial charge < -0.3 is 16.0 Å². The van der Waals surface area contributed by atoms with E-state index in [1.165, 1.54) is 12.8 Å². The number of hydrogen-bond donors (Lipinski definition) is 3. The van der Waals surface area contributed by atoms with Crippen molar-refractivity contribution in [2.24, 2.45) is 11.8 Å². The highest BCUT2D eigenvalue weighted by molar-refractivity contribution is 6.04. The summed E-state index contributed by atoms with van der Waals surface area (Å²) in [4.78, 5) is 24.4. The molecular formula is C16H21N3O2. The summed E-state index contributed by atoms with van der Waals surface area (Å²) in [6.45, 7) is 0.930. The molecule has 21 heavy (non-hydrogen) atoms. The molecule has 3 unspecified atom stereocenters. The molecule has 3 N–H and O–H groups in total. The summed E-state index contributed by atoms with van der Waals surface area (Å²) in [5.74, 6) is 0.858. The van der Waals surface area contributed by atoms with Crippen LogP contribution in [0.4, 0.5) is 5.69 Å². The number of anilines is 1. The lowest BCUT2D eigenvalue weighted by atomic mass is 9.93. The second-order valence-corrected chi connectivity index (χ2v) is 5.85. The van der Waals surface area contributed by atoms with Crippen LogP contribution in [0, 0.1) is 11.8 Å². The van der Waals surface area contributed by atoms with Crippen molar-refractivity contribution in [3.8, 4) is 0 Å². The van der Waals surface area contributed by atoms with Crippen LogP contribution in [0.3, 0.4) is 0 Å². The molecule has 0 aromatic heterocycles. The third-order valence-electron chi connectivity index (χ3n) is 4.69. The highest BCUT2D eigenvalue weighted by Gasteiger charge is 2.42. The molecule has 1 saturated heterocycles. The smallest absolute Gasteiger partial charge is 0.253 e. The number of hydrogen-bond acceptors (Lipinski definition) is 3. The molecule has 1 aromatic rings. The van der Waals surface area contributed by atoms with Crippen molar-refractivity contribution in [3.05, 3.63) is 29.8 Å². The van der Waals surface area contributed by atoms with E-state index < -0.39 is 0 Å². The van der Waals surface area contributed by atoms with Crippen LogP contribution < -0.4 is 16.0 Å². The van der Waals surface area contributed by atoms with Crippen LogP contribution in [0.1, 0.15) is 29.6 Å². The second kappa shape index (κ2) is 5.85.